The molecule has 0 N–H and O–H groups in total. The molecular weight excluding hydrogens is 270 g/mol. The van der Waals surface area contributed by atoms with Crippen molar-refractivity contribution in [2.24, 2.45) is 0 Å². The van der Waals surface area contributed by atoms with Crippen LogP contribution in [0.1, 0.15) is 5.56 Å². The largest absolute Gasteiger partial charge is 0.291 e. The van der Waals surface area contributed by atoms with Crippen LogP contribution in [0.5, 0.6) is 0 Å². The van der Waals surface area contributed by atoms with E-state index in [1.54, 1.807) is 12.4 Å². The Kier molecular flexibility index (Phi) is 3.54. The minimum Gasteiger partial charge on any atom is -0.291 e. The second-order valence-corrected chi connectivity index (χ2v) is 1.36. The molecule has 0 radical (unpaired) electrons. The molecule has 2 heteroatoms. The van der Waals surface area contributed by atoms with Gasteiger partial charge in [-0.2, -0.15) is 12.5 Å². The molecule has 0 atom stereocenters. The number of rotatable bonds is 0. The van der Waals surface area contributed by atoms with Gasteiger partial charge in [0, 0.05) is 21.1 Å². The average molecular weight is 276 g/mol. The number of nitrogens with zero attached hydrogens (tertiary/aromatic N) is 1. The van der Waals surface area contributed by atoms with Crippen LogP contribution in [0.15, 0.2) is 24.5 Å². The van der Waals surface area contributed by atoms with E-state index in [-0.39, 0.29) is 21.1 Å². The summed E-state index contributed by atoms with van der Waals surface area (Å²) >= 11 is 0. The molecule has 1 aromatic heterocycles. The maximum Gasteiger partial charge on any atom is 0 e. The maximum atomic E-state index is 3.81. The molecule has 0 spiro atoms. The Morgan fingerprint density at radius 3 is 2.00 bits per heavy atom. The first-order valence-electron chi connectivity index (χ1n) is 2.11. The van der Waals surface area contributed by atoms with Crippen LogP contribution in [0.2, 0.25) is 0 Å². The molecule has 1 aromatic rings. The molecule has 0 saturated heterocycles. The Morgan fingerprint density at radius 2 is 1.75 bits per heavy atom. The summed E-state index contributed by atoms with van der Waals surface area (Å²) in [5.41, 5.74) is 1.01. The first-order chi connectivity index (χ1) is 3.39. The van der Waals surface area contributed by atoms with Crippen molar-refractivity contribution in [3.63, 3.8) is 0 Å². The zero-order valence-corrected chi connectivity index (χ0v) is 7.31. The van der Waals surface area contributed by atoms with E-state index < -0.39 is 0 Å². The summed E-state index contributed by atoms with van der Waals surface area (Å²) < 4.78 is 0. The summed E-state index contributed by atoms with van der Waals surface area (Å²) in [5, 5.41) is 0. The number of hydrogen-bond donors (Lipinski definition) is 0. The summed E-state index contributed by atoms with van der Waals surface area (Å²) in [7, 11) is 0. The number of hydrogen-bond acceptors (Lipinski definition) is 1. The minimum atomic E-state index is 0. The van der Waals surface area contributed by atoms with Crippen LogP contribution < -0.4 is 0 Å². The van der Waals surface area contributed by atoms with E-state index >= 15 is 0 Å². The molecule has 0 fully saturated rings. The van der Waals surface area contributed by atoms with Gasteiger partial charge < -0.3 is 0 Å². The third-order valence-corrected chi connectivity index (χ3v) is 0.749. The summed E-state index contributed by atoms with van der Waals surface area (Å²) in [6, 6.07) is 3.72. The van der Waals surface area contributed by atoms with E-state index in [1.165, 1.54) is 0 Å². The quantitative estimate of drug-likeness (QED) is 0.650. The van der Waals surface area contributed by atoms with Crippen LogP contribution in [-0.4, -0.2) is 4.98 Å². The van der Waals surface area contributed by atoms with Gasteiger partial charge in [-0.1, -0.05) is 0 Å². The minimum absolute atomic E-state index is 0. The Hall–Kier alpha value is -0.292. The van der Waals surface area contributed by atoms with E-state index in [2.05, 4.69) is 11.9 Å². The van der Waals surface area contributed by atoms with Crippen molar-refractivity contribution < 1.29 is 21.1 Å². The predicted octanol–water partition coefficient (Wildman–Crippen LogP) is 1.26. The van der Waals surface area contributed by atoms with Gasteiger partial charge in [0.1, 0.15) is 0 Å². The van der Waals surface area contributed by atoms with Crippen LogP contribution in [0, 0.1) is 6.92 Å². The molecule has 1 nitrogen and oxygen atoms in total. The Morgan fingerprint density at radius 1 is 1.25 bits per heavy atom. The van der Waals surface area contributed by atoms with E-state index in [9.17, 15) is 0 Å². The Bertz CT molecular complexity index is 138. The molecular formula is C6H6NW-. The average Bonchev–Trinajstić information content (AvgIpc) is 1.69. The molecule has 1 heterocycles. The first-order valence-corrected chi connectivity index (χ1v) is 2.11. The SMILES string of the molecule is [CH2-]c1ccncc1.[W]. The molecule has 0 amide bonds. The van der Waals surface area contributed by atoms with Crippen molar-refractivity contribution >= 4 is 0 Å². The molecule has 8 heavy (non-hydrogen) atoms. The van der Waals surface area contributed by atoms with Crippen molar-refractivity contribution in [1.29, 1.82) is 0 Å². The van der Waals surface area contributed by atoms with Gasteiger partial charge in [0.15, 0.2) is 0 Å². The standard InChI is InChI=1S/C6H6N.W/c1-6-2-4-7-5-3-6;/h2-5H,1H2;/q-1;. The molecule has 0 aromatic carbocycles. The van der Waals surface area contributed by atoms with Crippen LogP contribution in [0.3, 0.4) is 0 Å². The summed E-state index contributed by atoms with van der Waals surface area (Å²) in [4.78, 5) is 3.81. The molecule has 42 valence electrons. The zero-order valence-electron chi connectivity index (χ0n) is 4.37. The maximum absolute atomic E-state index is 3.81. The van der Waals surface area contributed by atoms with Gasteiger partial charge in [0.25, 0.3) is 0 Å². The van der Waals surface area contributed by atoms with Gasteiger partial charge in [0.2, 0.25) is 0 Å². The molecule has 1 rings (SSSR count). The Labute approximate surface area is 63.4 Å². The first kappa shape index (κ1) is 7.71. The van der Waals surface area contributed by atoms with Crippen molar-refractivity contribution in [3.05, 3.63) is 37.0 Å². The fourth-order valence-corrected chi connectivity index (χ4v) is 0.383. The van der Waals surface area contributed by atoms with Gasteiger partial charge in [-0.25, -0.2) is 0 Å². The fraction of sp³-hybridized carbons (Fsp3) is 0. The third-order valence-electron chi connectivity index (χ3n) is 0.749. The van der Waals surface area contributed by atoms with Crippen LogP contribution in [0.4, 0.5) is 0 Å². The number of pyridine rings is 1. The monoisotopic (exact) mass is 276 g/mol. The fourth-order valence-electron chi connectivity index (χ4n) is 0.383. The molecule has 0 unspecified atom stereocenters. The van der Waals surface area contributed by atoms with Crippen molar-refractivity contribution in [2.75, 3.05) is 0 Å². The van der Waals surface area contributed by atoms with Crippen LogP contribution in [0.25, 0.3) is 0 Å². The molecule has 0 bridgehead atoms. The molecule has 0 aliphatic rings. The van der Waals surface area contributed by atoms with E-state index in [1.807, 2.05) is 12.1 Å². The number of aromatic nitrogens is 1. The summed E-state index contributed by atoms with van der Waals surface area (Å²) in [6.45, 7) is 3.68. The van der Waals surface area contributed by atoms with Gasteiger partial charge in [-0.3, -0.25) is 4.98 Å². The summed E-state index contributed by atoms with van der Waals surface area (Å²) in [5.74, 6) is 0. The Balaban J connectivity index is 0.000000490. The van der Waals surface area contributed by atoms with Gasteiger partial charge >= 0.3 is 0 Å². The predicted molar refractivity (Wildman–Crippen MR) is 28.7 cm³/mol. The van der Waals surface area contributed by atoms with Crippen molar-refractivity contribution in [1.82, 2.24) is 4.98 Å². The van der Waals surface area contributed by atoms with E-state index in [0.29, 0.717) is 0 Å². The van der Waals surface area contributed by atoms with E-state index in [0.717, 1.165) is 5.56 Å². The van der Waals surface area contributed by atoms with Gasteiger partial charge in [0.05, 0.1) is 0 Å². The molecule has 0 aliphatic carbocycles. The van der Waals surface area contributed by atoms with Crippen LogP contribution >= 0.6 is 0 Å². The summed E-state index contributed by atoms with van der Waals surface area (Å²) in [6.07, 6.45) is 3.45. The topological polar surface area (TPSA) is 12.9 Å². The van der Waals surface area contributed by atoms with Crippen molar-refractivity contribution in [3.8, 4) is 0 Å². The molecule has 0 aliphatic heterocycles. The van der Waals surface area contributed by atoms with Gasteiger partial charge in [-0.05, 0) is 12.4 Å². The second-order valence-electron chi connectivity index (χ2n) is 1.36. The third kappa shape index (κ3) is 2.13. The zero-order chi connectivity index (χ0) is 5.11. The second kappa shape index (κ2) is 3.68. The normalized spacial score (nSPS) is 7.50. The van der Waals surface area contributed by atoms with Crippen LogP contribution in [-0.2, 0) is 21.1 Å². The van der Waals surface area contributed by atoms with E-state index in [4.69, 9.17) is 0 Å². The molecule has 0 saturated carbocycles. The van der Waals surface area contributed by atoms with Crippen molar-refractivity contribution in [2.45, 2.75) is 0 Å². The van der Waals surface area contributed by atoms with Gasteiger partial charge in [-0.15, -0.1) is 12.1 Å². The smallest absolute Gasteiger partial charge is 0 e.